The fraction of sp³-hybridized carbons (Fsp3) is 0.250. The minimum absolute atomic E-state index is 0.107. The molecule has 0 bridgehead atoms. The molecule has 2 heterocycles. The lowest BCUT2D eigenvalue weighted by molar-refractivity contribution is 0.102. The highest BCUT2D eigenvalue weighted by Gasteiger charge is 2.21. The van der Waals surface area contributed by atoms with Crippen molar-refractivity contribution in [2.75, 3.05) is 11.5 Å². The van der Waals surface area contributed by atoms with Gasteiger partial charge in [-0.05, 0) is 29.0 Å². The van der Waals surface area contributed by atoms with E-state index in [0.29, 0.717) is 5.16 Å². The number of hydrogen-bond acceptors (Lipinski definition) is 8. The Balaban J connectivity index is 1.89. The number of nitrogen functional groups attached to an aromatic ring is 1. The largest absolute Gasteiger partial charge is 0.384 e. The Kier molecular flexibility index (Phi) is 4.95. The Morgan fingerprint density at radius 1 is 1.19 bits per heavy atom. The minimum Gasteiger partial charge on any atom is -0.384 e. The maximum atomic E-state index is 12.6. The molecule has 0 fully saturated rings. The van der Waals surface area contributed by atoms with Crippen LogP contribution in [0.2, 0.25) is 0 Å². The van der Waals surface area contributed by atoms with Crippen molar-refractivity contribution in [1.29, 1.82) is 0 Å². The number of benzene rings is 1. The van der Waals surface area contributed by atoms with Crippen LogP contribution in [0.15, 0.2) is 39.0 Å². The zero-order chi connectivity index (χ0) is 19.7. The van der Waals surface area contributed by atoms with Crippen molar-refractivity contribution in [3.05, 3.63) is 56.2 Å². The van der Waals surface area contributed by atoms with E-state index in [1.54, 1.807) is 0 Å². The van der Waals surface area contributed by atoms with Crippen LogP contribution in [0.3, 0.4) is 0 Å². The number of para-hydroxylation sites is 1. The van der Waals surface area contributed by atoms with Crippen molar-refractivity contribution in [2.24, 2.45) is 14.1 Å². The third-order valence-corrected chi connectivity index (χ3v) is 5.02. The predicted octanol–water partition coefficient (Wildman–Crippen LogP) is -0.0747. The monoisotopic (exact) mass is 387 g/mol. The highest BCUT2D eigenvalue weighted by Crippen LogP contribution is 2.21. The molecule has 0 atom stereocenters. The zero-order valence-electron chi connectivity index (χ0n) is 14.9. The lowest BCUT2D eigenvalue weighted by atomic mass is 10.2. The summed E-state index contributed by atoms with van der Waals surface area (Å²) in [6.07, 6.45) is 0. The van der Waals surface area contributed by atoms with Crippen molar-refractivity contribution in [3.8, 4) is 5.69 Å². The first-order chi connectivity index (χ1) is 12.8. The number of aryl methyl sites for hydroxylation is 1. The van der Waals surface area contributed by atoms with Crippen LogP contribution in [0, 0.1) is 6.92 Å². The number of rotatable bonds is 5. The van der Waals surface area contributed by atoms with Crippen LogP contribution in [0.4, 0.5) is 5.82 Å². The maximum Gasteiger partial charge on any atom is 0.332 e. The maximum absolute atomic E-state index is 12.6. The first kappa shape index (κ1) is 18.6. The molecule has 0 saturated carbocycles. The third-order valence-electron chi connectivity index (χ3n) is 4.11. The number of carbonyl (C=O) groups is 1. The van der Waals surface area contributed by atoms with E-state index in [-0.39, 0.29) is 17.1 Å². The first-order valence-corrected chi connectivity index (χ1v) is 8.87. The summed E-state index contributed by atoms with van der Waals surface area (Å²) in [7, 11) is 2.70. The highest BCUT2D eigenvalue weighted by atomic mass is 32.2. The molecule has 10 nitrogen and oxygen atoms in total. The molecule has 0 aliphatic heterocycles. The van der Waals surface area contributed by atoms with Gasteiger partial charge in [-0.3, -0.25) is 18.7 Å². The number of anilines is 1. The highest BCUT2D eigenvalue weighted by molar-refractivity contribution is 7.99. The molecule has 2 N–H and O–H groups in total. The second-order valence-electron chi connectivity index (χ2n) is 5.84. The molecular formula is C16H17N7O3S. The summed E-state index contributed by atoms with van der Waals surface area (Å²) in [5.41, 5.74) is 6.04. The lowest BCUT2D eigenvalue weighted by Gasteiger charge is -2.10. The number of nitrogens with two attached hydrogens (primary N) is 1. The number of ketones is 1. The standard InChI is InChI=1S/C16H17N7O3S/c1-9-6-4-5-7-10(9)23-15(18-19-20-23)27-8-11(24)12-13(17)21(2)16(26)22(3)14(12)25/h4-7H,8,17H2,1-3H3. The molecule has 140 valence electrons. The summed E-state index contributed by atoms with van der Waals surface area (Å²) >= 11 is 1.08. The Morgan fingerprint density at radius 2 is 1.89 bits per heavy atom. The topological polar surface area (TPSA) is 131 Å². The number of hydrogen-bond donors (Lipinski definition) is 1. The van der Waals surface area contributed by atoms with E-state index in [1.807, 2.05) is 31.2 Å². The first-order valence-electron chi connectivity index (χ1n) is 7.88. The molecule has 0 aliphatic carbocycles. The van der Waals surface area contributed by atoms with Gasteiger partial charge in [-0.1, -0.05) is 30.0 Å². The smallest absolute Gasteiger partial charge is 0.332 e. The van der Waals surface area contributed by atoms with Crippen LogP contribution in [-0.4, -0.2) is 40.9 Å². The van der Waals surface area contributed by atoms with Crippen LogP contribution in [0.25, 0.3) is 5.69 Å². The van der Waals surface area contributed by atoms with Gasteiger partial charge in [-0.15, -0.1) is 5.10 Å². The van der Waals surface area contributed by atoms with E-state index in [2.05, 4.69) is 15.5 Å². The number of thioether (sulfide) groups is 1. The number of Topliss-reactive ketones (excluding diaryl/α,β-unsaturated/α-hetero) is 1. The van der Waals surface area contributed by atoms with Gasteiger partial charge in [0, 0.05) is 14.1 Å². The van der Waals surface area contributed by atoms with Gasteiger partial charge in [0.1, 0.15) is 11.4 Å². The second-order valence-corrected chi connectivity index (χ2v) is 6.78. The Morgan fingerprint density at radius 3 is 2.59 bits per heavy atom. The van der Waals surface area contributed by atoms with Gasteiger partial charge in [-0.2, -0.15) is 4.68 Å². The summed E-state index contributed by atoms with van der Waals surface area (Å²) in [4.78, 5) is 36.8. The molecule has 3 aromatic rings. The molecule has 3 rings (SSSR count). The molecule has 11 heteroatoms. The van der Waals surface area contributed by atoms with E-state index >= 15 is 0 Å². The van der Waals surface area contributed by atoms with Gasteiger partial charge in [0.25, 0.3) is 5.56 Å². The molecule has 0 amide bonds. The molecule has 0 aliphatic rings. The molecular weight excluding hydrogens is 370 g/mol. The van der Waals surface area contributed by atoms with Crippen LogP contribution in [-0.2, 0) is 14.1 Å². The molecule has 2 aromatic heterocycles. The molecule has 27 heavy (non-hydrogen) atoms. The second kappa shape index (κ2) is 7.19. The van der Waals surface area contributed by atoms with E-state index < -0.39 is 17.0 Å². The fourth-order valence-corrected chi connectivity index (χ4v) is 3.30. The zero-order valence-corrected chi connectivity index (χ0v) is 15.7. The fourth-order valence-electron chi connectivity index (χ4n) is 2.55. The van der Waals surface area contributed by atoms with E-state index in [0.717, 1.165) is 32.1 Å². The summed E-state index contributed by atoms with van der Waals surface area (Å²) < 4.78 is 3.44. The molecule has 0 saturated heterocycles. The summed E-state index contributed by atoms with van der Waals surface area (Å²) in [5, 5.41) is 12.0. The lowest BCUT2D eigenvalue weighted by Crippen LogP contribution is -2.41. The van der Waals surface area contributed by atoms with Crippen LogP contribution in [0.1, 0.15) is 15.9 Å². The van der Waals surface area contributed by atoms with Crippen LogP contribution in [0.5, 0.6) is 0 Å². The van der Waals surface area contributed by atoms with Crippen molar-refractivity contribution >= 4 is 23.4 Å². The average Bonchev–Trinajstić information content (AvgIpc) is 3.12. The Bertz CT molecular complexity index is 1150. The average molecular weight is 387 g/mol. The molecule has 0 radical (unpaired) electrons. The van der Waals surface area contributed by atoms with Gasteiger partial charge >= 0.3 is 5.69 Å². The van der Waals surface area contributed by atoms with Gasteiger partial charge in [0.05, 0.1) is 11.4 Å². The van der Waals surface area contributed by atoms with Gasteiger partial charge in [-0.25, -0.2) is 4.79 Å². The van der Waals surface area contributed by atoms with Gasteiger partial charge < -0.3 is 5.73 Å². The predicted molar refractivity (Wildman–Crippen MR) is 100 cm³/mol. The van der Waals surface area contributed by atoms with Crippen LogP contribution >= 0.6 is 11.8 Å². The van der Waals surface area contributed by atoms with Gasteiger partial charge in [0.15, 0.2) is 5.78 Å². The Hall–Kier alpha value is -3.21. The number of tetrazole rings is 1. The van der Waals surface area contributed by atoms with E-state index in [1.165, 1.54) is 18.8 Å². The normalized spacial score (nSPS) is 10.9. The number of nitrogens with zero attached hydrogens (tertiary/aromatic N) is 6. The summed E-state index contributed by atoms with van der Waals surface area (Å²) in [6.45, 7) is 1.92. The minimum atomic E-state index is -0.723. The number of aromatic nitrogens is 6. The third kappa shape index (κ3) is 3.28. The molecule has 0 spiro atoms. The number of carbonyl (C=O) groups excluding carboxylic acids is 1. The quantitative estimate of drug-likeness (QED) is 0.475. The van der Waals surface area contributed by atoms with E-state index in [4.69, 9.17) is 5.73 Å². The van der Waals surface area contributed by atoms with Crippen molar-refractivity contribution < 1.29 is 4.79 Å². The molecule has 0 unspecified atom stereocenters. The summed E-state index contributed by atoms with van der Waals surface area (Å²) in [6, 6.07) is 7.54. The summed E-state index contributed by atoms with van der Waals surface area (Å²) in [5.74, 6) is -0.774. The SMILES string of the molecule is Cc1ccccc1-n1nnnc1SCC(=O)c1c(N)n(C)c(=O)n(C)c1=O. The van der Waals surface area contributed by atoms with Crippen molar-refractivity contribution in [2.45, 2.75) is 12.1 Å². The van der Waals surface area contributed by atoms with Crippen molar-refractivity contribution in [1.82, 2.24) is 29.3 Å². The Labute approximate surface area is 157 Å². The van der Waals surface area contributed by atoms with Crippen molar-refractivity contribution in [3.63, 3.8) is 0 Å². The molecule has 1 aromatic carbocycles. The van der Waals surface area contributed by atoms with Crippen LogP contribution < -0.4 is 17.0 Å². The van der Waals surface area contributed by atoms with Gasteiger partial charge in [0.2, 0.25) is 5.16 Å². The van der Waals surface area contributed by atoms with E-state index in [9.17, 15) is 14.4 Å².